The first kappa shape index (κ1) is 32.1. The third kappa shape index (κ3) is 9.10. The molecule has 0 aliphatic rings. The molecule has 3 N–H and O–H groups in total. The van der Waals surface area contributed by atoms with E-state index in [9.17, 15) is 35.9 Å². The minimum absolute atomic E-state index is 0.0251. The van der Waals surface area contributed by atoms with Crippen molar-refractivity contribution in [3.05, 3.63) is 137 Å². The van der Waals surface area contributed by atoms with E-state index in [2.05, 4.69) is 10.6 Å². The van der Waals surface area contributed by atoms with Crippen LogP contribution in [0.15, 0.2) is 109 Å². The summed E-state index contributed by atoms with van der Waals surface area (Å²) < 4.78 is 79.7. The molecule has 0 aromatic heterocycles. The van der Waals surface area contributed by atoms with Crippen molar-refractivity contribution in [2.45, 2.75) is 37.2 Å². The number of benzene rings is 4. The molecule has 0 aliphatic carbocycles. The molecular formula is C33H29F6N3O2. The highest BCUT2D eigenvalue weighted by Crippen LogP contribution is 2.37. The quantitative estimate of drug-likeness (QED) is 0.160. The molecule has 0 saturated heterocycles. The van der Waals surface area contributed by atoms with Gasteiger partial charge < -0.3 is 16.0 Å². The van der Waals surface area contributed by atoms with Crippen LogP contribution < -0.4 is 16.0 Å². The Morgan fingerprint density at radius 2 is 1.14 bits per heavy atom. The second-order valence-corrected chi connectivity index (χ2v) is 10.1. The number of carbonyl (C=O) groups excluding carboxylic acids is 2. The van der Waals surface area contributed by atoms with Crippen LogP contribution in [0.4, 0.5) is 36.8 Å². The Morgan fingerprint density at radius 3 is 1.61 bits per heavy atom. The van der Waals surface area contributed by atoms with Gasteiger partial charge in [0.25, 0.3) is 0 Å². The topological polar surface area (TPSA) is 70.2 Å². The third-order valence-corrected chi connectivity index (χ3v) is 6.89. The lowest BCUT2D eigenvalue weighted by molar-refractivity contribution is -0.143. The smallest absolute Gasteiger partial charge is 0.354 e. The van der Waals surface area contributed by atoms with E-state index in [0.717, 1.165) is 11.1 Å². The van der Waals surface area contributed by atoms with Gasteiger partial charge in [0.1, 0.15) is 6.04 Å². The maximum absolute atomic E-state index is 13.3. The fourth-order valence-electron chi connectivity index (χ4n) is 4.77. The van der Waals surface area contributed by atoms with Gasteiger partial charge in [-0.15, -0.1) is 0 Å². The molecule has 0 heterocycles. The lowest BCUT2D eigenvalue weighted by atomic mass is 9.88. The Kier molecular flexibility index (Phi) is 10.3. The van der Waals surface area contributed by atoms with Gasteiger partial charge in [-0.05, 0) is 41.3 Å². The molecule has 0 radical (unpaired) electrons. The number of hydrogen-bond acceptors (Lipinski definition) is 2. The van der Waals surface area contributed by atoms with Crippen LogP contribution in [0.5, 0.6) is 0 Å². The average Bonchev–Trinajstić information content (AvgIpc) is 2.99. The van der Waals surface area contributed by atoms with Crippen molar-refractivity contribution in [1.29, 1.82) is 0 Å². The van der Waals surface area contributed by atoms with E-state index >= 15 is 0 Å². The van der Waals surface area contributed by atoms with Gasteiger partial charge in [0.15, 0.2) is 0 Å². The monoisotopic (exact) mass is 613 g/mol. The fraction of sp³-hybridized carbons (Fsp3) is 0.212. The van der Waals surface area contributed by atoms with Crippen molar-refractivity contribution < 1.29 is 35.9 Å². The van der Waals surface area contributed by atoms with Gasteiger partial charge in [-0.25, -0.2) is 4.79 Å². The van der Waals surface area contributed by atoms with E-state index in [1.165, 1.54) is 0 Å². The van der Waals surface area contributed by atoms with E-state index in [0.29, 0.717) is 24.1 Å². The Morgan fingerprint density at radius 1 is 0.659 bits per heavy atom. The van der Waals surface area contributed by atoms with E-state index in [1.807, 2.05) is 66.0 Å². The van der Waals surface area contributed by atoms with Gasteiger partial charge in [0, 0.05) is 24.6 Å². The molecule has 4 aromatic carbocycles. The zero-order valence-electron chi connectivity index (χ0n) is 23.3. The van der Waals surface area contributed by atoms with Crippen molar-refractivity contribution in [2.75, 3.05) is 11.9 Å². The number of halogens is 6. The fourth-order valence-corrected chi connectivity index (χ4v) is 4.77. The van der Waals surface area contributed by atoms with Crippen molar-refractivity contribution in [2.24, 2.45) is 0 Å². The van der Waals surface area contributed by atoms with Gasteiger partial charge in [-0.2, -0.15) is 26.3 Å². The zero-order chi connectivity index (χ0) is 31.7. The second kappa shape index (κ2) is 14.1. The van der Waals surface area contributed by atoms with Crippen LogP contribution in [0, 0.1) is 0 Å². The SMILES string of the molecule is O=C(Nc1cc(C(F)(F)F)cc(C(F)(F)F)c1)NC(Cc1ccccc1)C(=O)NCCC(c1ccccc1)c1ccccc1. The predicted octanol–water partition coefficient (Wildman–Crippen LogP) is 7.80. The van der Waals surface area contributed by atoms with Crippen LogP contribution in [-0.2, 0) is 23.6 Å². The van der Waals surface area contributed by atoms with Crippen molar-refractivity contribution in [1.82, 2.24) is 10.6 Å². The molecule has 0 spiro atoms. The second-order valence-electron chi connectivity index (χ2n) is 10.1. The summed E-state index contributed by atoms with van der Waals surface area (Å²) in [4.78, 5) is 26.1. The van der Waals surface area contributed by atoms with Gasteiger partial charge in [0.2, 0.25) is 5.91 Å². The average molecular weight is 614 g/mol. The van der Waals surface area contributed by atoms with E-state index in [4.69, 9.17) is 0 Å². The molecule has 11 heteroatoms. The van der Waals surface area contributed by atoms with Gasteiger partial charge in [-0.1, -0.05) is 91.0 Å². The normalized spacial score (nSPS) is 12.4. The zero-order valence-corrected chi connectivity index (χ0v) is 23.3. The number of carbonyl (C=O) groups is 2. The van der Waals surface area contributed by atoms with Gasteiger partial charge in [0.05, 0.1) is 11.1 Å². The van der Waals surface area contributed by atoms with Crippen molar-refractivity contribution in [3.8, 4) is 0 Å². The highest BCUT2D eigenvalue weighted by Gasteiger charge is 2.37. The molecule has 0 fully saturated rings. The standard InChI is InChI=1S/C33H29F6N3O2/c34-32(35,36)25-19-26(33(37,38)39)21-27(20-25)41-31(44)42-29(18-22-10-4-1-5-11-22)30(43)40-17-16-28(23-12-6-2-7-13-23)24-14-8-3-9-15-24/h1-15,19-21,28-29H,16-18H2,(H,40,43)(H2,41,42,44). The van der Waals surface area contributed by atoms with Crippen molar-refractivity contribution >= 4 is 17.6 Å². The van der Waals surface area contributed by atoms with Gasteiger partial charge in [-0.3, -0.25) is 4.79 Å². The van der Waals surface area contributed by atoms with Crippen LogP contribution in [0.3, 0.4) is 0 Å². The van der Waals surface area contributed by atoms with E-state index < -0.39 is 47.1 Å². The summed E-state index contributed by atoms with van der Waals surface area (Å²) in [7, 11) is 0. The molecule has 3 amide bonds. The summed E-state index contributed by atoms with van der Waals surface area (Å²) in [6.07, 6.45) is -9.62. The van der Waals surface area contributed by atoms with Crippen LogP contribution in [0.2, 0.25) is 0 Å². The van der Waals surface area contributed by atoms with Crippen LogP contribution in [0.1, 0.15) is 40.2 Å². The predicted molar refractivity (Wildman–Crippen MR) is 155 cm³/mol. The number of anilines is 1. The van der Waals surface area contributed by atoms with E-state index in [-0.39, 0.29) is 24.9 Å². The Labute approximate surface area is 250 Å². The third-order valence-electron chi connectivity index (χ3n) is 6.89. The Hall–Kier alpha value is -4.80. The molecular weight excluding hydrogens is 584 g/mol. The summed E-state index contributed by atoms with van der Waals surface area (Å²) >= 11 is 0. The number of rotatable bonds is 10. The van der Waals surface area contributed by atoms with Crippen LogP contribution in [0.25, 0.3) is 0 Å². The highest BCUT2D eigenvalue weighted by molar-refractivity contribution is 5.94. The largest absolute Gasteiger partial charge is 0.416 e. The molecule has 0 saturated carbocycles. The first-order valence-electron chi connectivity index (χ1n) is 13.7. The van der Waals surface area contributed by atoms with Gasteiger partial charge >= 0.3 is 18.4 Å². The molecule has 5 nitrogen and oxygen atoms in total. The summed E-state index contributed by atoms with van der Waals surface area (Å²) in [5, 5.41) is 7.25. The summed E-state index contributed by atoms with van der Waals surface area (Å²) in [5.74, 6) is -0.603. The maximum atomic E-state index is 13.3. The lowest BCUT2D eigenvalue weighted by Crippen LogP contribution is -2.49. The molecule has 0 aliphatic heterocycles. The number of nitrogens with one attached hydrogen (secondary N) is 3. The first-order chi connectivity index (χ1) is 20.9. The number of hydrogen-bond donors (Lipinski definition) is 3. The number of alkyl halides is 6. The Bertz CT molecular complexity index is 1460. The molecule has 0 bridgehead atoms. The highest BCUT2D eigenvalue weighted by atomic mass is 19.4. The molecule has 4 aromatic rings. The molecule has 44 heavy (non-hydrogen) atoms. The van der Waals surface area contributed by atoms with Crippen LogP contribution >= 0.6 is 0 Å². The van der Waals surface area contributed by atoms with E-state index in [1.54, 1.807) is 30.3 Å². The van der Waals surface area contributed by atoms with Crippen LogP contribution in [-0.4, -0.2) is 24.5 Å². The molecule has 4 rings (SSSR count). The first-order valence-corrected chi connectivity index (χ1v) is 13.7. The summed E-state index contributed by atoms with van der Waals surface area (Å²) in [6, 6.07) is 26.6. The molecule has 1 unspecified atom stereocenters. The molecule has 230 valence electrons. The number of urea groups is 1. The summed E-state index contributed by atoms with van der Waals surface area (Å²) in [6.45, 7) is 0.227. The minimum Gasteiger partial charge on any atom is -0.354 e. The lowest BCUT2D eigenvalue weighted by Gasteiger charge is -2.22. The van der Waals surface area contributed by atoms with Crippen molar-refractivity contribution in [3.63, 3.8) is 0 Å². The minimum atomic E-state index is -5.08. The Balaban J connectivity index is 1.49. The number of amides is 3. The molecule has 1 atom stereocenters. The maximum Gasteiger partial charge on any atom is 0.416 e. The summed E-state index contributed by atoms with van der Waals surface area (Å²) in [5.41, 5.74) is -1.11.